The summed E-state index contributed by atoms with van der Waals surface area (Å²) in [5.41, 5.74) is 6.78. The fourth-order valence-corrected chi connectivity index (χ4v) is 2.53. The minimum atomic E-state index is -0.501. The molecule has 3 N–H and O–H groups in total. The summed E-state index contributed by atoms with van der Waals surface area (Å²) in [5, 5.41) is 4.34. The monoisotopic (exact) mass is 306 g/mol. The SMILES string of the molecule is COC(=O)c1sccc1NC(=O)c1cccc(OC)c1N. The summed E-state index contributed by atoms with van der Waals surface area (Å²) in [7, 11) is 2.76. The number of methoxy groups -OCH3 is 2. The highest BCUT2D eigenvalue weighted by Gasteiger charge is 2.18. The second kappa shape index (κ2) is 6.27. The van der Waals surface area contributed by atoms with E-state index in [9.17, 15) is 9.59 Å². The number of nitrogens with one attached hydrogen (secondary N) is 1. The Labute approximate surface area is 125 Å². The third-order valence-corrected chi connectivity index (χ3v) is 3.71. The molecule has 0 saturated heterocycles. The van der Waals surface area contributed by atoms with Crippen LogP contribution in [0, 0.1) is 0 Å². The second-order valence-electron chi connectivity index (χ2n) is 4.03. The number of hydrogen-bond donors (Lipinski definition) is 2. The van der Waals surface area contributed by atoms with Crippen LogP contribution >= 0.6 is 11.3 Å². The maximum atomic E-state index is 12.3. The van der Waals surface area contributed by atoms with E-state index in [0.717, 1.165) is 0 Å². The van der Waals surface area contributed by atoms with E-state index in [2.05, 4.69) is 10.1 Å². The van der Waals surface area contributed by atoms with E-state index in [0.29, 0.717) is 16.3 Å². The lowest BCUT2D eigenvalue weighted by molar-refractivity contribution is 0.0607. The first-order valence-electron chi connectivity index (χ1n) is 5.98. The minimum Gasteiger partial charge on any atom is -0.495 e. The van der Waals surface area contributed by atoms with E-state index in [1.807, 2.05) is 0 Å². The number of nitrogens with two attached hydrogens (primary N) is 1. The Balaban J connectivity index is 2.27. The molecule has 110 valence electrons. The maximum Gasteiger partial charge on any atom is 0.350 e. The lowest BCUT2D eigenvalue weighted by Crippen LogP contribution is -2.16. The Morgan fingerprint density at radius 3 is 2.67 bits per heavy atom. The average Bonchev–Trinajstić information content (AvgIpc) is 2.94. The van der Waals surface area contributed by atoms with E-state index in [-0.39, 0.29) is 11.3 Å². The van der Waals surface area contributed by atoms with Crippen LogP contribution in [-0.4, -0.2) is 26.1 Å². The Hall–Kier alpha value is -2.54. The van der Waals surface area contributed by atoms with Gasteiger partial charge in [-0.2, -0.15) is 0 Å². The van der Waals surface area contributed by atoms with E-state index >= 15 is 0 Å². The smallest absolute Gasteiger partial charge is 0.350 e. The van der Waals surface area contributed by atoms with Crippen molar-refractivity contribution in [1.29, 1.82) is 0 Å². The molecule has 2 rings (SSSR count). The molecule has 1 aromatic heterocycles. The van der Waals surface area contributed by atoms with Gasteiger partial charge in [0.05, 0.1) is 31.2 Å². The van der Waals surface area contributed by atoms with Crippen LogP contribution in [0.2, 0.25) is 0 Å². The average molecular weight is 306 g/mol. The molecule has 0 aliphatic heterocycles. The zero-order chi connectivity index (χ0) is 15.4. The van der Waals surface area contributed by atoms with Gasteiger partial charge in [-0.1, -0.05) is 6.07 Å². The third-order valence-electron chi connectivity index (χ3n) is 2.81. The number of amides is 1. The Morgan fingerprint density at radius 1 is 1.24 bits per heavy atom. The van der Waals surface area contributed by atoms with Crippen molar-refractivity contribution in [2.45, 2.75) is 0 Å². The predicted molar refractivity (Wildman–Crippen MR) is 81.0 cm³/mol. The number of carbonyl (C=O) groups excluding carboxylic acids is 2. The molecule has 1 heterocycles. The number of anilines is 2. The van der Waals surface area contributed by atoms with E-state index in [1.54, 1.807) is 29.6 Å². The number of para-hydroxylation sites is 1. The van der Waals surface area contributed by atoms with Crippen molar-refractivity contribution in [3.05, 3.63) is 40.1 Å². The molecule has 21 heavy (non-hydrogen) atoms. The second-order valence-corrected chi connectivity index (χ2v) is 4.95. The van der Waals surface area contributed by atoms with Crippen LogP contribution in [0.4, 0.5) is 11.4 Å². The van der Waals surface area contributed by atoms with Crippen LogP contribution in [0.25, 0.3) is 0 Å². The minimum absolute atomic E-state index is 0.243. The number of carbonyl (C=O) groups is 2. The van der Waals surface area contributed by atoms with E-state index in [4.69, 9.17) is 10.5 Å². The Kier molecular flexibility index (Phi) is 4.44. The van der Waals surface area contributed by atoms with Gasteiger partial charge >= 0.3 is 5.97 Å². The number of rotatable bonds is 4. The molecule has 0 atom stereocenters. The normalized spacial score (nSPS) is 10.0. The van der Waals surface area contributed by atoms with Crippen molar-refractivity contribution in [2.75, 3.05) is 25.3 Å². The number of ether oxygens (including phenoxy) is 2. The molecule has 0 saturated carbocycles. The largest absolute Gasteiger partial charge is 0.495 e. The molecule has 1 aromatic carbocycles. The highest BCUT2D eigenvalue weighted by atomic mass is 32.1. The van der Waals surface area contributed by atoms with Gasteiger partial charge in [-0.25, -0.2) is 4.79 Å². The third kappa shape index (κ3) is 2.97. The highest BCUT2D eigenvalue weighted by molar-refractivity contribution is 7.12. The zero-order valence-corrected chi connectivity index (χ0v) is 12.3. The number of nitrogen functional groups attached to an aromatic ring is 1. The van der Waals surface area contributed by atoms with Crippen LogP contribution in [0.1, 0.15) is 20.0 Å². The van der Waals surface area contributed by atoms with E-state index in [1.165, 1.54) is 25.6 Å². The van der Waals surface area contributed by atoms with Crippen molar-refractivity contribution in [1.82, 2.24) is 0 Å². The lowest BCUT2D eigenvalue weighted by Gasteiger charge is -2.10. The molecule has 0 bridgehead atoms. The molecule has 0 aliphatic rings. The van der Waals surface area contributed by atoms with Crippen molar-refractivity contribution in [3.8, 4) is 5.75 Å². The first-order valence-corrected chi connectivity index (χ1v) is 6.86. The lowest BCUT2D eigenvalue weighted by atomic mass is 10.1. The summed E-state index contributed by atoms with van der Waals surface area (Å²) >= 11 is 1.19. The zero-order valence-electron chi connectivity index (χ0n) is 11.5. The predicted octanol–water partition coefficient (Wildman–Crippen LogP) is 2.38. The van der Waals surface area contributed by atoms with Gasteiger partial charge < -0.3 is 20.5 Å². The molecular weight excluding hydrogens is 292 g/mol. The first-order chi connectivity index (χ1) is 10.1. The van der Waals surface area contributed by atoms with Crippen LogP contribution in [0.15, 0.2) is 29.6 Å². The Morgan fingerprint density at radius 2 is 2.00 bits per heavy atom. The Bertz CT molecular complexity index is 681. The molecule has 2 aromatic rings. The molecule has 7 heteroatoms. The van der Waals surface area contributed by atoms with Crippen molar-refractivity contribution < 1.29 is 19.1 Å². The maximum absolute atomic E-state index is 12.3. The highest BCUT2D eigenvalue weighted by Crippen LogP contribution is 2.27. The number of hydrogen-bond acceptors (Lipinski definition) is 6. The van der Waals surface area contributed by atoms with Gasteiger partial charge in [0.15, 0.2) is 0 Å². The van der Waals surface area contributed by atoms with Crippen LogP contribution in [0.3, 0.4) is 0 Å². The van der Waals surface area contributed by atoms with Crippen LogP contribution in [-0.2, 0) is 4.74 Å². The van der Waals surface area contributed by atoms with Gasteiger partial charge in [-0.15, -0.1) is 11.3 Å². The fourth-order valence-electron chi connectivity index (χ4n) is 1.77. The molecule has 6 nitrogen and oxygen atoms in total. The molecule has 0 radical (unpaired) electrons. The summed E-state index contributed by atoms with van der Waals surface area (Å²) in [6.07, 6.45) is 0. The topological polar surface area (TPSA) is 90.6 Å². The number of esters is 1. The molecule has 0 fully saturated rings. The standard InChI is InChI=1S/C14H14N2O4S/c1-19-10-5-3-4-8(11(10)15)13(17)16-9-6-7-21-12(9)14(18)20-2/h3-7H,15H2,1-2H3,(H,16,17). The van der Waals surface area contributed by atoms with Gasteiger partial charge in [-0.3, -0.25) is 4.79 Å². The molecular formula is C14H14N2O4S. The molecule has 0 unspecified atom stereocenters. The summed E-state index contributed by atoms with van der Waals surface area (Å²) in [6.45, 7) is 0. The van der Waals surface area contributed by atoms with E-state index < -0.39 is 11.9 Å². The molecule has 0 spiro atoms. The van der Waals surface area contributed by atoms with Gasteiger partial charge in [0.25, 0.3) is 5.91 Å². The number of thiophene rings is 1. The molecule has 1 amide bonds. The summed E-state index contributed by atoms with van der Waals surface area (Å²) in [5.74, 6) is -0.505. The summed E-state index contributed by atoms with van der Waals surface area (Å²) < 4.78 is 9.73. The van der Waals surface area contributed by atoms with Crippen molar-refractivity contribution in [2.24, 2.45) is 0 Å². The van der Waals surface area contributed by atoms with Gasteiger partial charge in [0, 0.05) is 0 Å². The van der Waals surface area contributed by atoms with Crippen molar-refractivity contribution >= 4 is 34.6 Å². The van der Waals surface area contributed by atoms with Gasteiger partial charge in [0.2, 0.25) is 0 Å². The fraction of sp³-hybridized carbons (Fsp3) is 0.143. The summed E-state index contributed by atoms with van der Waals surface area (Å²) in [6, 6.07) is 6.54. The van der Waals surface area contributed by atoms with Crippen LogP contribution < -0.4 is 15.8 Å². The number of benzene rings is 1. The van der Waals surface area contributed by atoms with Crippen molar-refractivity contribution in [3.63, 3.8) is 0 Å². The van der Waals surface area contributed by atoms with Crippen LogP contribution in [0.5, 0.6) is 5.75 Å². The first kappa shape index (κ1) is 14.9. The summed E-state index contributed by atoms with van der Waals surface area (Å²) in [4.78, 5) is 24.2. The van der Waals surface area contributed by atoms with Gasteiger partial charge in [-0.05, 0) is 23.6 Å². The quantitative estimate of drug-likeness (QED) is 0.668. The van der Waals surface area contributed by atoms with Gasteiger partial charge in [0.1, 0.15) is 10.6 Å². The molecule has 0 aliphatic carbocycles.